The molecule has 0 aliphatic rings. The SMILES string of the molecule is Cc1cc(C)c(C)c(-c2cc(-n3c4ccccc4c4ccccc43)c3ccc(CC(C)C)cc3[n+]2C)c1. The molecule has 0 saturated carbocycles. The summed E-state index contributed by atoms with van der Waals surface area (Å²) in [6.07, 6.45) is 1.08. The Labute approximate surface area is 219 Å². The van der Waals surface area contributed by atoms with Crippen LogP contribution in [0.2, 0.25) is 0 Å². The van der Waals surface area contributed by atoms with Gasteiger partial charge in [0, 0.05) is 28.5 Å². The standard InChI is InChI=1S/C35H35N2/c1-22(2)17-26-15-16-29-33(20-26)36(6)34(30-19-23(3)18-24(4)25(30)5)21-35(29)37-31-13-9-7-11-27(31)28-12-8-10-14-32(28)37/h7-16,18-22H,17H2,1-6H3/q+1. The van der Waals surface area contributed by atoms with Gasteiger partial charge < -0.3 is 4.57 Å². The minimum absolute atomic E-state index is 0.615. The van der Waals surface area contributed by atoms with E-state index >= 15 is 0 Å². The van der Waals surface area contributed by atoms with Crippen LogP contribution in [0.1, 0.15) is 36.1 Å². The van der Waals surface area contributed by atoms with Crippen LogP contribution in [-0.4, -0.2) is 4.57 Å². The molecule has 0 fully saturated rings. The summed E-state index contributed by atoms with van der Waals surface area (Å²) in [5, 5.41) is 3.85. The van der Waals surface area contributed by atoms with E-state index in [1.165, 1.54) is 71.9 Å². The van der Waals surface area contributed by atoms with Gasteiger partial charge in [-0.15, -0.1) is 0 Å². The third-order valence-corrected chi connectivity index (χ3v) is 7.89. The summed E-state index contributed by atoms with van der Waals surface area (Å²) in [5.74, 6) is 0.615. The minimum atomic E-state index is 0.615. The fourth-order valence-corrected chi connectivity index (χ4v) is 6.03. The molecule has 0 bridgehead atoms. The molecule has 0 unspecified atom stereocenters. The lowest BCUT2D eigenvalue weighted by Crippen LogP contribution is -2.33. The molecule has 0 spiro atoms. The van der Waals surface area contributed by atoms with Crippen molar-refractivity contribution >= 4 is 32.7 Å². The molecule has 6 aromatic rings. The van der Waals surface area contributed by atoms with Crippen LogP contribution in [0.15, 0.2) is 84.9 Å². The number of benzene rings is 4. The third kappa shape index (κ3) is 3.83. The zero-order valence-electron chi connectivity index (χ0n) is 22.8. The summed E-state index contributed by atoms with van der Waals surface area (Å²) in [6, 6.07) is 31.7. The van der Waals surface area contributed by atoms with Gasteiger partial charge in [-0.3, -0.25) is 0 Å². The average molecular weight is 484 g/mol. The predicted octanol–water partition coefficient (Wildman–Crippen LogP) is 8.55. The van der Waals surface area contributed by atoms with Crippen molar-refractivity contribution in [1.29, 1.82) is 0 Å². The number of aryl methyl sites for hydroxylation is 3. The van der Waals surface area contributed by atoms with E-state index in [2.05, 4.69) is 136 Å². The Balaban J connectivity index is 1.78. The summed E-state index contributed by atoms with van der Waals surface area (Å²) in [4.78, 5) is 0. The van der Waals surface area contributed by atoms with Crippen LogP contribution in [0, 0.1) is 26.7 Å². The number of hydrogen-bond acceptors (Lipinski definition) is 0. The van der Waals surface area contributed by atoms with Gasteiger partial charge in [0.15, 0.2) is 0 Å². The molecule has 0 aliphatic carbocycles. The second kappa shape index (κ2) is 8.88. The van der Waals surface area contributed by atoms with Crippen LogP contribution in [-0.2, 0) is 13.5 Å². The molecule has 0 atom stereocenters. The van der Waals surface area contributed by atoms with Gasteiger partial charge in [-0.2, -0.15) is 4.57 Å². The molecule has 0 amide bonds. The van der Waals surface area contributed by atoms with Gasteiger partial charge in [0.05, 0.1) is 22.1 Å². The second-order valence-corrected chi connectivity index (χ2v) is 11.0. The minimum Gasteiger partial charge on any atom is -0.308 e. The normalized spacial score (nSPS) is 11.9. The van der Waals surface area contributed by atoms with Crippen molar-refractivity contribution in [2.24, 2.45) is 13.0 Å². The molecule has 2 nitrogen and oxygen atoms in total. The largest absolute Gasteiger partial charge is 0.308 e. The molecular formula is C35H35N2+. The van der Waals surface area contributed by atoms with Crippen LogP contribution in [0.25, 0.3) is 49.7 Å². The molecular weight excluding hydrogens is 448 g/mol. The molecule has 0 N–H and O–H groups in total. The van der Waals surface area contributed by atoms with Gasteiger partial charge >= 0.3 is 0 Å². The number of fused-ring (bicyclic) bond motifs is 4. The van der Waals surface area contributed by atoms with Crippen molar-refractivity contribution in [3.63, 3.8) is 0 Å². The zero-order chi connectivity index (χ0) is 25.8. The number of para-hydroxylation sites is 2. The molecule has 2 heteroatoms. The summed E-state index contributed by atoms with van der Waals surface area (Å²) in [5.41, 5.74) is 12.9. The summed E-state index contributed by atoms with van der Waals surface area (Å²) in [7, 11) is 2.23. The van der Waals surface area contributed by atoms with Gasteiger partial charge in [-0.1, -0.05) is 67.9 Å². The summed E-state index contributed by atoms with van der Waals surface area (Å²) >= 11 is 0. The first-order valence-electron chi connectivity index (χ1n) is 13.4. The van der Waals surface area contributed by atoms with E-state index in [-0.39, 0.29) is 0 Å². The van der Waals surface area contributed by atoms with Crippen molar-refractivity contribution in [1.82, 2.24) is 4.57 Å². The number of rotatable bonds is 4. The van der Waals surface area contributed by atoms with E-state index in [0.717, 1.165) is 6.42 Å². The van der Waals surface area contributed by atoms with E-state index < -0.39 is 0 Å². The first-order chi connectivity index (χ1) is 17.8. The summed E-state index contributed by atoms with van der Waals surface area (Å²) < 4.78 is 4.87. The van der Waals surface area contributed by atoms with Gasteiger partial charge in [0.2, 0.25) is 11.2 Å². The molecule has 0 radical (unpaired) electrons. The lowest BCUT2D eigenvalue weighted by atomic mass is 9.95. The van der Waals surface area contributed by atoms with Crippen molar-refractivity contribution in [2.45, 2.75) is 41.0 Å². The first-order valence-corrected chi connectivity index (χ1v) is 13.4. The predicted molar refractivity (Wildman–Crippen MR) is 158 cm³/mol. The molecule has 184 valence electrons. The molecule has 2 heterocycles. The van der Waals surface area contributed by atoms with Crippen LogP contribution in [0.5, 0.6) is 0 Å². The molecule has 2 aromatic heterocycles. The Hall–Kier alpha value is -3.91. The Kier molecular flexibility index (Phi) is 5.64. The van der Waals surface area contributed by atoms with E-state index in [1.807, 2.05) is 0 Å². The van der Waals surface area contributed by atoms with Crippen LogP contribution >= 0.6 is 0 Å². The molecule has 37 heavy (non-hydrogen) atoms. The van der Waals surface area contributed by atoms with Crippen LogP contribution < -0.4 is 4.57 Å². The van der Waals surface area contributed by atoms with E-state index in [9.17, 15) is 0 Å². The Morgan fingerprint density at radius 3 is 2.03 bits per heavy atom. The van der Waals surface area contributed by atoms with Crippen molar-refractivity contribution < 1.29 is 4.57 Å². The average Bonchev–Trinajstić information content (AvgIpc) is 3.21. The lowest BCUT2D eigenvalue weighted by molar-refractivity contribution is -0.633. The lowest BCUT2D eigenvalue weighted by Gasteiger charge is -2.16. The highest BCUT2D eigenvalue weighted by Gasteiger charge is 2.24. The summed E-state index contributed by atoms with van der Waals surface area (Å²) in [6.45, 7) is 11.3. The Morgan fingerprint density at radius 2 is 1.38 bits per heavy atom. The zero-order valence-corrected chi connectivity index (χ0v) is 22.8. The first kappa shape index (κ1) is 23.5. The number of hydrogen-bond donors (Lipinski definition) is 0. The highest BCUT2D eigenvalue weighted by Crippen LogP contribution is 2.36. The van der Waals surface area contributed by atoms with E-state index in [4.69, 9.17) is 0 Å². The molecule has 4 aromatic carbocycles. The smallest absolute Gasteiger partial charge is 0.215 e. The van der Waals surface area contributed by atoms with Gasteiger partial charge in [0.25, 0.3) is 0 Å². The number of nitrogens with zero attached hydrogens (tertiary/aromatic N) is 2. The second-order valence-electron chi connectivity index (χ2n) is 11.0. The number of pyridine rings is 1. The van der Waals surface area contributed by atoms with Crippen molar-refractivity contribution in [3.05, 3.63) is 107 Å². The van der Waals surface area contributed by atoms with Crippen molar-refractivity contribution in [2.75, 3.05) is 0 Å². The highest BCUT2D eigenvalue weighted by atomic mass is 15.0. The molecule has 6 rings (SSSR count). The van der Waals surface area contributed by atoms with Crippen LogP contribution in [0.4, 0.5) is 0 Å². The third-order valence-electron chi connectivity index (χ3n) is 7.89. The maximum atomic E-state index is 2.47. The maximum absolute atomic E-state index is 2.47. The highest BCUT2D eigenvalue weighted by molar-refractivity contribution is 6.10. The molecule has 0 aliphatic heterocycles. The van der Waals surface area contributed by atoms with E-state index in [1.54, 1.807) is 0 Å². The fourth-order valence-electron chi connectivity index (χ4n) is 6.03. The Bertz CT molecular complexity index is 1760. The maximum Gasteiger partial charge on any atom is 0.215 e. The van der Waals surface area contributed by atoms with Crippen LogP contribution in [0.3, 0.4) is 0 Å². The fraction of sp³-hybridized carbons (Fsp3) is 0.229. The van der Waals surface area contributed by atoms with Gasteiger partial charge in [-0.25, -0.2) is 0 Å². The number of aromatic nitrogens is 2. The van der Waals surface area contributed by atoms with Gasteiger partial charge in [0.1, 0.15) is 7.05 Å². The quantitative estimate of drug-likeness (QED) is 0.222. The van der Waals surface area contributed by atoms with Gasteiger partial charge in [-0.05, 0) is 74.1 Å². The Morgan fingerprint density at radius 1 is 0.730 bits per heavy atom. The van der Waals surface area contributed by atoms with E-state index in [0.29, 0.717) is 5.92 Å². The van der Waals surface area contributed by atoms with Crippen molar-refractivity contribution in [3.8, 4) is 16.9 Å². The molecule has 0 saturated heterocycles. The monoisotopic (exact) mass is 483 g/mol. The topological polar surface area (TPSA) is 8.81 Å².